The van der Waals surface area contributed by atoms with Crippen molar-refractivity contribution in [2.24, 2.45) is 0 Å². The van der Waals surface area contributed by atoms with Crippen LogP contribution >= 0.6 is 11.6 Å². The molecule has 0 atom stereocenters. The fourth-order valence-corrected chi connectivity index (χ4v) is 2.91. The van der Waals surface area contributed by atoms with Gasteiger partial charge in [-0.05, 0) is 17.7 Å². The molecule has 1 aromatic heterocycles. The number of para-hydroxylation sites is 1. The zero-order chi connectivity index (χ0) is 15.5. The molecule has 0 aliphatic heterocycles. The molecule has 0 aliphatic carbocycles. The van der Waals surface area contributed by atoms with Gasteiger partial charge in [0.2, 0.25) is 15.3 Å². The second kappa shape index (κ2) is 6.38. The summed E-state index contributed by atoms with van der Waals surface area (Å²) < 4.78 is 31.2. The van der Waals surface area contributed by atoms with Crippen LogP contribution in [0.25, 0.3) is 0 Å². The first kappa shape index (κ1) is 15.7. The molecule has 0 amide bonds. The van der Waals surface area contributed by atoms with Crippen LogP contribution in [-0.2, 0) is 16.6 Å². The number of hydrogen-bond donors (Lipinski definition) is 0. The minimum absolute atomic E-state index is 0.00123. The van der Waals surface area contributed by atoms with E-state index < -0.39 is 10.0 Å². The molecule has 1 aromatic carbocycles. The van der Waals surface area contributed by atoms with Crippen LogP contribution in [0.4, 0.5) is 0 Å². The summed E-state index contributed by atoms with van der Waals surface area (Å²) in [6, 6.07) is 7.23. The van der Waals surface area contributed by atoms with Crippen LogP contribution in [0.1, 0.15) is 5.56 Å². The Morgan fingerprint density at radius 2 is 1.86 bits per heavy atom. The van der Waals surface area contributed by atoms with E-state index in [9.17, 15) is 8.42 Å². The molecule has 0 bridgehead atoms. The van der Waals surface area contributed by atoms with Crippen molar-refractivity contribution in [3.8, 4) is 5.75 Å². The van der Waals surface area contributed by atoms with Gasteiger partial charge >= 0.3 is 0 Å². The van der Waals surface area contributed by atoms with Crippen molar-refractivity contribution in [1.29, 1.82) is 0 Å². The lowest BCUT2D eigenvalue weighted by atomic mass is 10.2. The third kappa shape index (κ3) is 3.49. The number of sulfonamides is 1. The Hall–Kier alpha value is -1.70. The largest absolute Gasteiger partial charge is 0.496 e. The summed E-state index contributed by atoms with van der Waals surface area (Å²) in [5.41, 5.74) is 0.765. The number of halogens is 1. The van der Waals surface area contributed by atoms with Crippen LogP contribution in [0.2, 0.25) is 5.28 Å². The molecule has 0 aliphatic rings. The third-order valence-electron chi connectivity index (χ3n) is 2.89. The van der Waals surface area contributed by atoms with Crippen molar-refractivity contribution in [2.45, 2.75) is 11.4 Å². The highest BCUT2D eigenvalue weighted by Gasteiger charge is 2.22. The molecular weight excluding hydrogens is 314 g/mol. The normalized spacial score (nSPS) is 11.6. The highest BCUT2D eigenvalue weighted by molar-refractivity contribution is 7.89. The Morgan fingerprint density at radius 1 is 1.24 bits per heavy atom. The minimum atomic E-state index is -3.68. The Morgan fingerprint density at radius 3 is 2.48 bits per heavy atom. The molecule has 0 fully saturated rings. The van der Waals surface area contributed by atoms with Crippen LogP contribution in [0.3, 0.4) is 0 Å². The first-order valence-electron chi connectivity index (χ1n) is 6.01. The van der Waals surface area contributed by atoms with Crippen molar-refractivity contribution >= 4 is 21.6 Å². The molecule has 1 heterocycles. The van der Waals surface area contributed by atoms with E-state index >= 15 is 0 Å². The van der Waals surface area contributed by atoms with E-state index in [0.717, 1.165) is 5.56 Å². The summed E-state index contributed by atoms with van der Waals surface area (Å²) in [5, 5.41) is 0.00123. The second-order valence-electron chi connectivity index (χ2n) is 4.26. The van der Waals surface area contributed by atoms with E-state index in [-0.39, 0.29) is 16.7 Å². The molecular formula is C13H14ClN3O3S. The van der Waals surface area contributed by atoms with Crippen LogP contribution in [-0.4, -0.2) is 36.8 Å². The Labute approximate surface area is 128 Å². The first-order chi connectivity index (χ1) is 9.95. The number of ether oxygens (including phenoxy) is 1. The molecule has 2 aromatic rings. The third-order valence-corrected chi connectivity index (χ3v) is 4.84. The minimum Gasteiger partial charge on any atom is -0.496 e. The van der Waals surface area contributed by atoms with E-state index in [1.54, 1.807) is 13.2 Å². The van der Waals surface area contributed by atoms with Gasteiger partial charge in [-0.3, -0.25) is 0 Å². The van der Waals surface area contributed by atoms with E-state index in [1.807, 2.05) is 18.2 Å². The van der Waals surface area contributed by atoms with Gasteiger partial charge in [0.1, 0.15) is 10.6 Å². The number of benzene rings is 1. The molecule has 21 heavy (non-hydrogen) atoms. The van der Waals surface area contributed by atoms with Crippen molar-refractivity contribution in [2.75, 3.05) is 14.2 Å². The lowest BCUT2D eigenvalue weighted by molar-refractivity contribution is 0.398. The molecule has 0 unspecified atom stereocenters. The summed E-state index contributed by atoms with van der Waals surface area (Å²) in [5.74, 6) is 0.631. The van der Waals surface area contributed by atoms with E-state index in [4.69, 9.17) is 16.3 Å². The molecule has 0 N–H and O–H groups in total. The van der Waals surface area contributed by atoms with Gasteiger partial charge in [-0.25, -0.2) is 18.4 Å². The summed E-state index contributed by atoms with van der Waals surface area (Å²) in [4.78, 5) is 7.37. The van der Waals surface area contributed by atoms with E-state index in [1.165, 1.54) is 23.7 Å². The van der Waals surface area contributed by atoms with Crippen molar-refractivity contribution in [3.05, 3.63) is 47.5 Å². The SMILES string of the molecule is COc1ccccc1CN(C)S(=O)(=O)c1cnc(Cl)nc1. The van der Waals surface area contributed by atoms with Crippen LogP contribution in [0.15, 0.2) is 41.6 Å². The molecule has 0 spiro atoms. The highest BCUT2D eigenvalue weighted by Crippen LogP contribution is 2.22. The fourth-order valence-electron chi connectivity index (χ4n) is 1.77. The summed E-state index contributed by atoms with van der Waals surface area (Å²) >= 11 is 5.56. The maximum Gasteiger partial charge on any atom is 0.246 e. The number of nitrogens with zero attached hydrogens (tertiary/aromatic N) is 3. The maximum atomic E-state index is 12.4. The lowest BCUT2D eigenvalue weighted by Gasteiger charge is -2.18. The van der Waals surface area contributed by atoms with Gasteiger partial charge in [0.05, 0.1) is 19.5 Å². The average molecular weight is 328 g/mol. The van der Waals surface area contributed by atoms with Crippen molar-refractivity contribution < 1.29 is 13.2 Å². The van der Waals surface area contributed by atoms with E-state index in [0.29, 0.717) is 5.75 Å². The van der Waals surface area contributed by atoms with Crippen LogP contribution in [0, 0.1) is 0 Å². The quantitative estimate of drug-likeness (QED) is 0.785. The zero-order valence-corrected chi connectivity index (χ0v) is 13.1. The number of aromatic nitrogens is 2. The average Bonchev–Trinajstić information content (AvgIpc) is 2.48. The van der Waals surface area contributed by atoms with Crippen LogP contribution in [0.5, 0.6) is 5.75 Å². The molecule has 112 valence electrons. The predicted molar refractivity (Wildman–Crippen MR) is 78.7 cm³/mol. The zero-order valence-electron chi connectivity index (χ0n) is 11.5. The van der Waals surface area contributed by atoms with Crippen molar-refractivity contribution in [1.82, 2.24) is 14.3 Å². The smallest absolute Gasteiger partial charge is 0.246 e. The fraction of sp³-hybridized carbons (Fsp3) is 0.231. The monoisotopic (exact) mass is 327 g/mol. The maximum absolute atomic E-state index is 12.4. The number of methoxy groups -OCH3 is 1. The second-order valence-corrected chi connectivity index (χ2v) is 6.64. The standard InChI is InChI=1S/C13H14ClN3O3S/c1-17(9-10-5-3-4-6-12(10)20-2)21(18,19)11-7-15-13(14)16-8-11/h3-8H,9H2,1-2H3. The van der Waals surface area contributed by atoms with Gasteiger partial charge in [0, 0.05) is 19.2 Å². The number of hydrogen-bond acceptors (Lipinski definition) is 5. The highest BCUT2D eigenvalue weighted by atomic mass is 35.5. The van der Waals surface area contributed by atoms with Gasteiger partial charge in [0.15, 0.2) is 0 Å². The van der Waals surface area contributed by atoms with Gasteiger partial charge in [0.25, 0.3) is 0 Å². The first-order valence-corrected chi connectivity index (χ1v) is 7.82. The summed E-state index contributed by atoms with van der Waals surface area (Å²) in [6.45, 7) is 0.176. The lowest BCUT2D eigenvalue weighted by Crippen LogP contribution is -2.27. The van der Waals surface area contributed by atoms with Gasteiger partial charge in [-0.1, -0.05) is 18.2 Å². The molecule has 0 saturated heterocycles. The Bertz CT molecular complexity index is 720. The Balaban J connectivity index is 2.26. The molecule has 0 saturated carbocycles. The molecule has 0 radical (unpaired) electrons. The van der Waals surface area contributed by atoms with E-state index in [2.05, 4.69) is 9.97 Å². The molecule has 6 nitrogen and oxygen atoms in total. The van der Waals surface area contributed by atoms with Crippen molar-refractivity contribution in [3.63, 3.8) is 0 Å². The summed E-state index contributed by atoms with van der Waals surface area (Å²) in [7, 11) is -0.660. The van der Waals surface area contributed by atoms with Gasteiger partial charge in [-0.2, -0.15) is 4.31 Å². The molecule has 8 heteroatoms. The molecule has 2 rings (SSSR count). The number of rotatable bonds is 5. The predicted octanol–water partition coefficient (Wildman–Crippen LogP) is 1.96. The van der Waals surface area contributed by atoms with Crippen LogP contribution < -0.4 is 4.74 Å². The van der Waals surface area contributed by atoms with Gasteiger partial charge in [-0.15, -0.1) is 0 Å². The topological polar surface area (TPSA) is 72.4 Å². The summed E-state index contributed by atoms with van der Waals surface area (Å²) in [6.07, 6.45) is 2.37. The van der Waals surface area contributed by atoms with Gasteiger partial charge < -0.3 is 4.74 Å². The Kier molecular flexibility index (Phi) is 4.76.